The van der Waals surface area contributed by atoms with Crippen molar-refractivity contribution in [3.8, 4) is 0 Å². The normalized spacial score (nSPS) is 12.7. The van der Waals surface area contributed by atoms with Crippen molar-refractivity contribution in [3.05, 3.63) is 64.0 Å². The summed E-state index contributed by atoms with van der Waals surface area (Å²) in [4.78, 5) is 39.9. The number of amides is 1. The van der Waals surface area contributed by atoms with Crippen LogP contribution in [0.4, 0.5) is 11.4 Å². The van der Waals surface area contributed by atoms with Gasteiger partial charge in [0, 0.05) is 31.4 Å². The molecule has 148 valence electrons. The number of carbonyl (C=O) groups excluding carboxylic acids is 1. The van der Waals surface area contributed by atoms with Crippen LogP contribution in [0.15, 0.2) is 42.6 Å². The minimum Gasteiger partial charge on any atom is -0.481 e. The third-order valence-corrected chi connectivity index (χ3v) is 4.26. The van der Waals surface area contributed by atoms with Gasteiger partial charge in [0.25, 0.3) is 11.6 Å². The fraction of sp³-hybridized carbons (Fsp3) is 0.316. The average molecular weight is 386 g/mol. The van der Waals surface area contributed by atoms with Crippen LogP contribution in [-0.2, 0) is 4.79 Å². The number of benzene rings is 1. The second-order valence-electron chi connectivity index (χ2n) is 6.53. The first-order chi connectivity index (χ1) is 13.2. The molecular formula is C19H22N4O5. The summed E-state index contributed by atoms with van der Waals surface area (Å²) >= 11 is 0. The molecule has 0 aliphatic heterocycles. The third-order valence-electron chi connectivity index (χ3n) is 4.26. The van der Waals surface area contributed by atoms with Gasteiger partial charge in [0.1, 0.15) is 5.69 Å². The second kappa shape index (κ2) is 8.94. The van der Waals surface area contributed by atoms with Crippen LogP contribution >= 0.6 is 0 Å². The number of carbonyl (C=O) groups is 2. The third kappa shape index (κ3) is 5.03. The molecular weight excluding hydrogens is 364 g/mol. The molecule has 0 bridgehead atoms. The maximum atomic E-state index is 12.5. The highest BCUT2D eigenvalue weighted by molar-refractivity contribution is 5.95. The Bertz CT molecular complexity index is 872. The lowest BCUT2D eigenvalue weighted by atomic mass is 10.1. The molecule has 0 saturated carbocycles. The highest BCUT2D eigenvalue weighted by atomic mass is 16.6. The minimum absolute atomic E-state index is 0.00131. The lowest BCUT2D eigenvalue weighted by Crippen LogP contribution is -2.33. The zero-order valence-corrected chi connectivity index (χ0v) is 15.8. The molecule has 1 amide bonds. The molecule has 1 aromatic carbocycles. The molecule has 0 spiro atoms. The van der Waals surface area contributed by atoms with E-state index in [0.29, 0.717) is 0 Å². The number of aromatic nitrogens is 1. The summed E-state index contributed by atoms with van der Waals surface area (Å²) in [7, 11) is 1.46. The number of nitro groups is 1. The Morgan fingerprint density at radius 1 is 1.29 bits per heavy atom. The molecule has 2 aromatic rings. The number of hydrogen-bond donors (Lipinski definition) is 2. The second-order valence-corrected chi connectivity index (χ2v) is 6.53. The number of hydrogen-bond acceptors (Lipinski definition) is 6. The quantitative estimate of drug-likeness (QED) is 0.527. The van der Waals surface area contributed by atoms with Gasteiger partial charge in [0.2, 0.25) is 0 Å². The highest BCUT2D eigenvalue weighted by Crippen LogP contribution is 2.29. The van der Waals surface area contributed by atoms with E-state index in [-0.39, 0.29) is 29.5 Å². The fourth-order valence-electron chi connectivity index (χ4n) is 2.67. The van der Waals surface area contributed by atoms with E-state index in [2.05, 4.69) is 10.3 Å². The Morgan fingerprint density at radius 3 is 2.57 bits per heavy atom. The molecule has 2 unspecified atom stereocenters. The van der Waals surface area contributed by atoms with Gasteiger partial charge in [-0.3, -0.25) is 24.7 Å². The Balaban J connectivity index is 2.23. The van der Waals surface area contributed by atoms with Crippen LogP contribution < -0.4 is 5.32 Å². The highest BCUT2D eigenvalue weighted by Gasteiger charge is 2.23. The van der Waals surface area contributed by atoms with Crippen molar-refractivity contribution in [2.24, 2.45) is 5.92 Å². The van der Waals surface area contributed by atoms with E-state index in [1.165, 1.54) is 37.1 Å². The van der Waals surface area contributed by atoms with Crippen molar-refractivity contribution in [3.63, 3.8) is 0 Å². The van der Waals surface area contributed by atoms with Crippen LogP contribution in [0.2, 0.25) is 0 Å². The molecule has 0 aliphatic carbocycles. The van der Waals surface area contributed by atoms with Gasteiger partial charge in [-0.05, 0) is 31.2 Å². The van der Waals surface area contributed by atoms with Crippen molar-refractivity contribution >= 4 is 23.3 Å². The van der Waals surface area contributed by atoms with Crippen molar-refractivity contribution in [2.75, 3.05) is 18.9 Å². The lowest BCUT2D eigenvalue weighted by Gasteiger charge is -2.20. The number of carboxylic acids is 1. The van der Waals surface area contributed by atoms with E-state index in [0.717, 1.165) is 5.69 Å². The summed E-state index contributed by atoms with van der Waals surface area (Å²) in [6, 6.07) is 9.27. The van der Waals surface area contributed by atoms with Gasteiger partial charge in [0.15, 0.2) is 0 Å². The van der Waals surface area contributed by atoms with Crippen molar-refractivity contribution in [2.45, 2.75) is 19.9 Å². The Morgan fingerprint density at radius 2 is 2.00 bits per heavy atom. The van der Waals surface area contributed by atoms with Crippen molar-refractivity contribution in [1.82, 2.24) is 9.88 Å². The number of nitro benzene ring substituents is 1. The number of anilines is 1. The largest absolute Gasteiger partial charge is 0.481 e. The summed E-state index contributed by atoms with van der Waals surface area (Å²) in [5.74, 6) is -2.25. The van der Waals surface area contributed by atoms with Gasteiger partial charge >= 0.3 is 5.97 Å². The van der Waals surface area contributed by atoms with E-state index in [9.17, 15) is 19.7 Å². The molecule has 2 atom stereocenters. The number of rotatable bonds is 8. The minimum atomic E-state index is -1.02. The number of carboxylic acid groups (broad SMARTS) is 1. The van der Waals surface area contributed by atoms with Gasteiger partial charge in [-0.2, -0.15) is 0 Å². The average Bonchev–Trinajstić information content (AvgIpc) is 2.67. The molecule has 28 heavy (non-hydrogen) atoms. The summed E-state index contributed by atoms with van der Waals surface area (Å²) in [6.45, 7) is 3.31. The van der Waals surface area contributed by atoms with E-state index < -0.39 is 22.7 Å². The van der Waals surface area contributed by atoms with E-state index in [1.54, 1.807) is 18.3 Å². The lowest BCUT2D eigenvalue weighted by molar-refractivity contribution is -0.384. The predicted molar refractivity (Wildman–Crippen MR) is 103 cm³/mol. The van der Waals surface area contributed by atoms with Gasteiger partial charge < -0.3 is 15.3 Å². The molecule has 9 nitrogen and oxygen atoms in total. The zero-order valence-electron chi connectivity index (χ0n) is 15.8. The SMILES string of the molecule is CC(CN(C)C(=O)c1ccc(NC(C)c2ccccn2)c([N+](=O)[O-])c1)C(=O)O. The molecule has 1 heterocycles. The first-order valence-electron chi connectivity index (χ1n) is 8.65. The van der Waals surface area contributed by atoms with Gasteiger partial charge in [0.05, 0.1) is 22.6 Å². The van der Waals surface area contributed by atoms with Crippen LogP contribution in [0, 0.1) is 16.0 Å². The Hall–Kier alpha value is -3.49. The first kappa shape index (κ1) is 20.8. The van der Waals surface area contributed by atoms with Crippen molar-refractivity contribution < 1.29 is 19.6 Å². The molecule has 0 saturated heterocycles. The molecule has 9 heteroatoms. The van der Waals surface area contributed by atoms with Gasteiger partial charge in [-0.25, -0.2) is 0 Å². The summed E-state index contributed by atoms with van der Waals surface area (Å²) in [5, 5.41) is 23.5. The summed E-state index contributed by atoms with van der Waals surface area (Å²) < 4.78 is 0. The molecule has 1 aromatic heterocycles. The smallest absolute Gasteiger partial charge is 0.308 e. The van der Waals surface area contributed by atoms with Gasteiger partial charge in [-0.15, -0.1) is 0 Å². The number of nitrogens with one attached hydrogen (secondary N) is 1. The van der Waals surface area contributed by atoms with Crippen LogP contribution in [0.25, 0.3) is 0 Å². The van der Waals surface area contributed by atoms with Crippen LogP contribution in [0.1, 0.15) is 35.9 Å². The maximum Gasteiger partial charge on any atom is 0.308 e. The first-order valence-corrected chi connectivity index (χ1v) is 8.65. The Labute approximate surface area is 162 Å². The number of aliphatic carboxylic acids is 1. The molecule has 0 fully saturated rings. The summed E-state index contributed by atoms with van der Waals surface area (Å²) in [5.41, 5.74) is 0.858. The van der Waals surface area contributed by atoms with Crippen molar-refractivity contribution in [1.29, 1.82) is 0 Å². The predicted octanol–water partition coefficient (Wildman–Crippen LogP) is 2.96. The summed E-state index contributed by atoms with van der Waals surface area (Å²) in [6.07, 6.45) is 1.64. The molecule has 2 rings (SSSR count). The fourth-order valence-corrected chi connectivity index (χ4v) is 2.67. The van der Waals surface area contributed by atoms with Crippen LogP contribution in [-0.4, -0.2) is 45.4 Å². The Kier molecular flexibility index (Phi) is 6.64. The molecule has 2 N–H and O–H groups in total. The van der Waals surface area contributed by atoms with Crippen LogP contribution in [0.5, 0.6) is 0 Å². The number of nitrogens with zero attached hydrogens (tertiary/aromatic N) is 3. The molecule has 0 aliphatic rings. The molecule has 0 radical (unpaired) electrons. The van der Waals surface area contributed by atoms with Gasteiger partial charge in [-0.1, -0.05) is 13.0 Å². The monoisotopic (exact) mass is 386 g/mol. The topological polar surface area (TPSA) is 126 Å². The van der Waals surface area contributed by atoms with E-state index in [4.69, 9.17) is 5.11 Å². The standard InChI is InChI=1S/C19H22N4O5/c1-12(19(25)26)11-22(3)18(24)14-7-8-16(17(10-14)23(27)28)21-13(2)15-6-4-5-9-20-15/h4-10,12-13,21H,11H2,1-3H3,(H,25,26). The van der Waals surface area contributed by atoms with Crippen LogP contribution in [0.3, 0.4) is 0 Å². The zero-order chi connectivity index (χ0) is 20.8. The van der Waals surface area contributed by atoms with E-state index >= 15 is 0 Å². The maximum absolute atomic E-state index is 12.5. The number of pyridine rings is 1. The van der Waals surface area contributed by atoms with E-state index in [1.807, 2.05) is 13.0 Å².